The van der Waals surface area contributed by atoms with Crippen LogP contribution in [0.2, 0.25) is 10.0 Å². The largest absolute Gasteiger partial charge is 0.422 e. The first-order valence-electron chi connectivity index (χ1n) is 6.29. The van der Waals surface area contributed by atoms with Gasteiger partial charge in [0.05, 0.1) is 15.6 Å². The number of carbonyl (C=O) groups is 1. The summed E-state index contributed by atoms with van der Waals surface area (Å²) in [7, 11) is 0. The minimum atomic E-state index is -0.375. The Kier molecular flexibility index (Phi) is 3.82. The van der Waals surface area contributed by atoms with Crippen molar-refractivity contribution in [2.75, 3.05) is 0 Å². The van der Waals surface area contributed by atoms with Gasteiger partial charge in [0.25, 0.3) is 0 Å². The van der Waals surface area contributed by atoms with Crippen molar-refractivity contribution in [3.05, 3.63) is 81.4 Å². The van der Waals surface area contributed by atoms with Gasteiger partial charge >= 0.3 is 5.97 Å². The zero-order valence-electron chi connectivity index (χ0n) is 10.8. The third kappa shape index (κ3) is 3.02. The van der Waals surface area contributed by atoms with Crippen LogP contribution < -0.4 is 0 Å². The fraction of sp³-hybridized carbons (Fsp3) is 0. The zero-order chi connectivity index (χ0) is 14.8. The van der Waals surface area contributed by atoms with Crippen LogP contribution in [-0.2, 0) is 9.53 Å². The Hall–Kier alpha value is -2.03. The van der Waals surface area contributed by atoms with Crippen LogP contribution >= 0.6 is 23.2 Å². The van der Waals surface area contributed by atoms with Gasteiger partial charge in [-0.05, 0) is 29.8 Å². The Balaban J connectivity index is 1.95. The molecule has 2 aromatic rings. The molecule has 0 saturated heterocycles. The van der Waals surface area contributed by atoms with Gasteiger partial charge in [-0.2, -0.15) is 0 Å². The quantitative estimate of drug-likeness (QED) is 0.577. The van der Waals surface area contributed by atoms with E-state index < -0.39 is 0 Å². The van der Waals surface area contributed by atoms with E-state index in [1.807, 2.05) is 30.3 Å². The van der Waals surface area contributed by atoms with E-state index in [9.17, 15) is 4.79 Å². The summed E-state index contributed by atoms with van der Waals surface area (Å²) >= 11 is 11.8. The Labute approximate surface area is 132 Å². The average molecular weight is 317 g/mol. The molecule has 0 fully saturated rings. The van der Waals surface area contributed by atoms with Gasteiger partial charge < -0.3 is 4.74 Å². The summed E-state index contributed by atoms with van der Waals surface area (Å²) in [5.74, 6) is 0.173. The number of esters is 1. The molecule has 0 unspecified atom stereocenters. The lowest BCUT2D eigenvalue weighted by molar-refractivity contribution is -0.130. The van der Waals surface area contributed by atoms with Gasteiger partial charge in [-0.25, -0.2) is 4.79 Å². The lowest BCUT2D eigenvalue weighted by atomic mass is 10.1. The Morgan fingerprint density at radius 3 is 2.43 bits per heavy atom. The standard InChI is InChI=1S/C17H10Cl2O2/c18-14-7-6-11(9-15(14)19)8-13-10-16(21-17(13)20)12-4-2-1-3-5-12/h1-10H/b13-8-. The molecule has 0 radical (unpaired) electrons. The van der Waals surface area contributed by atoms with Crippen molar-refractivity contribution in [1.82, 2.24) is 0 Å². The normalized spacial score (nSPS) is 16.0. The van der Waals surface area contributed by atoms with E-state index in [4.69, 9.17) is 27.9 Å². The van der Waals surface area contributed by atoms with Gasteiger partial charge in [0, 0.05) is 5.56 Å². The van der Waals surface area contributed by atoms with Crippen LogP contribution in [0.3, 0.4) is 0 Å². The van der Waals surface area contributed by atoms with Crippen molar-refractivity contribution in [3.8, 4) is 0 Å². The van der Waals surface area contributed by atoms with Crippen molar-refractivity contribution in [1.29, 1.82) is 0 Å². The number of rotatable bonds is 2. The van der Waals surface area contributed by atoms with Crippen LogP contribution in [0, 0.1) is 0 Å². The Morgan fingerprint density at radius 1 is 0.952 bits per heavy atom. The van der Waals surface area contributed by atoms with Gasteiger partial charge in [-0.1, -0.05) is 59.6 Å². The van der Waals surface area contributed by atoms with E-state index in [0.29, 0.717) is 21.4 Å². The molecule has 0 aliphatic carbocycles. The first-order chi connectivity index (χ1) is 10.1. The topological polar surface area (TPSA) is 26.3 Å². The maximum absolute atomic E-state index is 11.9. The van der Waals surface area contributed by atoms with Crippen LogP contribution in [0.15, 0.2) is 60.2 Å². The van der Waals surface area contributed by atoms with Gasteiger partial charge in [0.15, 0.2) is 0 Å². The summed E-state index contributed by atoms with van der Waals surface area (Å²) in [5, 5.41) is 0.929. The molecular formula is C17H10Cl2O2. The van der Waals surface area contributed by atoms with E-state index in [-0.39, 0.29) is 5.97 Å². The molecule has 1 heterocycles. The van der Waals surface area contributed by atoms with Gasteiger partial charge in [-0.15, -0.1) is 0 Å². The lowest BCUT2D eigenvalue weighted by Crippen LogP contribution is -1.97. The van der Waals surface area contributed by atoms with Crippen LogP contribution in [0.5, 0.6) is 0 Å². The van der Waals surface area contributed by atoms with E-state index in [1.165, 1.54) is 0 Å². The molecule has 0 aromatic heterocycles. The minimum Gasteiger partial charge on any atom is -0.422 e. The van der Waals surface area contributed by atoms with Crippen LogP contribution in [0.1, 0.15) is 11.1 Å². The second-order valence-corrected chi connectivity index (χ2v) is 5.35. The highest BCUT2D eigenvalue weighted by Crippen LogP contribution is 2.29. The molecule has 104 valence electrons. The first kappa shape index (κ1) is 13.9. The van der Waals surface area contributed by atoms with Crippen molar-refractivity contribution >= 4 is 41.0 Å². The Bertz CT molecular complexity index is 762. The summed E-state index contributed by atoms with van der Waals surface area (Å²) < 4.78 is 5.28. The predicted molar refractivity (Wildman–Crippen MR) is 85.0 cm³/mol. The number of hydrogen-bond donors (Lipinski definition) is 0. The smallest absolute Gasteiger partial charge is 0.343 e. The molecule has 0 spiro atoms. The fourth-order valence-corrected chi connectivity index (χ4v) is 2.32. The second-order valence-electron chi connectivity index (χ2n) is 4.54. The number of carbonyl (C=O) groups excluding carboxylic acids is 1. The molecule has 0 atom stereocenters. The predicted octanol–water partition coefficient (Wildman–Crippen LogP) is 4.97. The summed E-state index contributed by atoms with van der Waals surface area (Å²) in [4.78, 5) is 11.9. The third-order valence-electron chi connectivity index (χ3n) is 3.05. The van der Waals surface area contributed by atoms with Crippen molar-refractivity contribution in [3.63, 3.8) is 0 Å². The molecular weight excluding hydrogens is 307 g/mol. The second kappa shape index (κ2) is 5.76. The first-order valence-corrected chi connectivity index (χ1v) is 7.05. The molecule has 2 aromatic carbocycles. The fourth-order valence-electron chi connectivity index (χ4n) is 2.02. The molecule has 2 nitrogen and oxygen atoms in total. The molecule has 1 aliphatic heterocycles. The van der Waals surface area contributed by atoms with E-state index >= 15 is 0 Å². The van der Waals surface area contributed by atoms with Crippen molar-refractivity contribution in [2.45, 2.75) is 0 Å². The van der Waals surface area contributed by atoms with E-state index in [1.54, 1.807) is 30.4 Å². The molecule has 0 amide bonds. The number of cyclic esters (lactones) is 1. The highest BCUT2D eigenvalue weighted by atomic mass is 35.5. The summed E-state index contributed by atoms with van der Waals surface area (Å²) in [6, 6.07) is 14.7. The molecule has 0 bridgehead atoms. The van der Waals surface area contributed by atoms with Gasteiger partial charge in [-0.3, -0.25) is 0 Å². The maximum Gasteiger partial charge on any atom is 0.343 e. The van der Waals surface area contributed by atoms with E-state index in [0.717, 1.165) is 11.1 Å². The number of halogens is 2. The highest BCUT2D eigenvalue weighted by molar-refractivity contribution is 6.42. The van der Waals surface area contributed by atoms with Crippen molar-refractivity contribution < 1.29 is 9.53 Å². The van der Waals surface area contributed by atoms with E-state index in [2.05, 4.69) is 0 Å². The van der Waals surface area contributed by atoms with Crippen LogP contribution in [-0.4, -0.2) is 5.97 Å². The minimum absolute atomic E-state index is 0.375. The van der Waals surface area contributed by atoms with Gasteiger partial charge in [0.1, 0.15) is 5.76 Å². The Morgan fingerprint density at radius 2 is 1.71 bits per heavy atom. The summed E-state index contributed by atoms with van der Waals surface area (Å²) in [6.07, 6.45) is 3.45. The third-order valence-corrected chi connectivity index (χ3v) is 3.79. The van der Waals surface area contributed by atoms with Crippen molar-refractivity contribution in [2.24, 2.45) is 0 Å². The zero-order valence-corrected chi connectivity index (χ0v) is 12.4. The SMILES string of the molecule is O=C1OC(c2ccccc2)=C/C1=C/c1ccc(Cl)c(Cl)c1. The number of benzene rings is 2. The van der Waals surface area contributed by atoms with Crippen LogP contribution in [0.25, 0.3) is 11.8 Å². The number of ether oxygens (including phenoxy) is 1. The molecule has 4 heteroatoms. The molecule has 3 rings (SSSR count). The lowest BCUT2D eigenvalue weighted by Gasteiger charge is -2.00. The summed E-state index contributed by atoms with van der Waals surface area (Å²) in [6.45, 7) is 0. The monoisotopic (exact) mass is 316 g/mol. The van der Waals surface area contributed by atoms with Crippen LogP contribution in [0.4, 0.5) is 0 Å². The molecule has 21 heavy (non-hydrogen) atoms. The molecule has 1 aliphatic rings. The number of hydrogen-bond acceptors (Lipinski definition) is 2. The highest BCUT2D eigenvalue weighted by Gasteiger charge is 2.21. The maximum atomic E-state index is 11.9. The van der Waals surface area contributed by atoms with Gasteiger partial charge in [0.2, 0.25) is 0 Å². The molecule has 0 N–H and O–H groups in total. The average Bonchev–Trinajstić information content (AvgIpc) is 2.85. The summed E-state index contributed by atoms with van der Waals surface area (Å²) in [5.41, 5.74) is 2.14. The molecule has 0 saturated carbocycles.